The van der Waals surface area contributed by atoms with Gasteiger partial charge in [-0.05, 0) is 42.3 Å². The number of hydrogen-bond donors (Lipinski definition) is 1. The Morgan fingerprint density at radius 1 is 1.00 bits per heavy atom. The smallest absolute Gasteiger partial charge is 0.295 e. The first-order valence-corrected chi connectivity index (χ1v) is 10.9. The number of ether oxygens (including phenoxy) is 5. The third kappa shape index (κ3) is 4.26. The average molecular weight is 469 g/mol. The van der Waals surface area contributed by atoms with Crippen molar-refractivity contribution < 1.29 is 38.4 Å². The van der Waals surface area contributed by atoms with Gasteiger partial charge in [-0.2, -0.15) is 0 Å². The van der Waals surface area contributed by atoms with Gasteiger partial charge in [0.1, 0.15) is 19.0 Å². The molecule has 0 bridgehead atoms. The summed E-state index contributed by atoms with van der Waals surface area (Å²) in [6, 6.07) is 9.25. The van der Waals surface area contributed by atoms with Crippen LogP contribution >= 0.6 is 0 Å². The minimum atomic E-state index is -0.815. The van der Waals surface area contributed by atoms with Crippen LogP contribution in [0.1, 0.15) is 23.6 Å². The zero-order valence-corrected chi connectivity index (χ0v) is 19.3. The summed E-state index contributed by atoms with van der Waals surface area (Å²) in [6.45, 7) is 1.51. The van der Waals surface area contributed by atoms with Crippen LogP contribution in [0.15, 0.2) is 42.0 Å². The normalized spacial score (nSPS) is 18.8. The van der Waals surface area contributed by atoms with Crippen LogP contribution in [-0.4, -0.2) is 69.4 Å². The number of fused-ring (bicyclic) bond motifs is 1. The third-order valence-electron chi connectivity index (χ3n) is 5.83. The van der Waals surface area contributed by atoms with Crippen LogP contribution in [0, 0.1) is 0 Å². The molecule has 34 heavy (non-hydrogen) atoms. The van der Waals surface area contributed by atoms with E-state index < -0.39 is 17.7 Å². The molecule has 9 heteroatoms. The lowest BCUT2D eigenvalue weighted by atomic mass is 9.94. The van der Waals surface area contributed by atoms with Crippen LogP contribution in [0.2, 0.25) is 0 Å². The van der Waals surface area contributed by atoms with Crippen LogP contribution in [0.3, 0.4) is 0 Å². The van der Waals surface area contributed by atoms with Crippen molar-refractivity contribution in [1.29, 1.82) is 0 Å². The van der Waals surface area contributed by atoms with Crippen LogP contribution in [0.25, 0.3) is 5.76 Å². The number of amides is 1. The molecule has 2 aliphatic heterocycles. The number of methoxy groups -OCH3 is 3. The highest BCUT2D eigenvalue weighted by atomic mass is 16.6. The summed E-state index contributed by atoms with van der Waals surface area (Å²) in [5.41, 5.74) is 0.948. The van der Waals surface area contributed by atoms with Gasteiger partial charge in [0.15, 0.2) is 23.0 Å². The number of benzene rings is 2. The average Bonchev–Trinajstić information content (AvgIpc) is 3.12. The number of ketones is 1. The fourth-order valence-corrected chi connectivity index (χ4v) is 4.21. The number of aliphatic hydroxyl groups excluding tert-OH is 1. The first-order chi connectivity index (χ1) is 16.5. The predicted octanol–water partition coefficient (Wildman–Crippen LogP) is 2.93. The number of aliphatic hydroxyl groups is 1. The zero-order valence-electron chi connectivity index (χ0n) is 19.3. The minimum Gasteiger partial charge on any atom is -0.507 e. The SMILES string of the molecule is COCCCN1C(=O)C(=O)/C(=C(/O)c2ccc3c(c2)OCCO3)C1c1ccc(OC)c(OC)c1. The molecule has 1 atom stereocenters. The van der Waals surface area contributed by atoms with E-state index in [1.807, 2.05) is 0 Å². The van der Waals surface area contributed by atoms with Crippen molar-refractivity contribution in [2.24, 2.45) is 0 Å². The van der Waals surface area contributed by atoms with Crippen molar-refractivity contribution in [3.63, 3.8) is 0 Å². The molecular formula is C25H27NO8. The molecule has 0 radical (unpaired) electrons. The van der Waals surface area contributed by atoms with E-state index in [0.29, 0.717) is 60.4 Å². The standard InChI is InChI=1S/C25H27NO8/c1-30-10-4-9-26-22(15-5-7-17(31-2)19(13-15)32-3)21(24(28)25(26)29)23(27)16-6-8-18-20(14-16)34-12-11-33-18/h5-8,13-14,22,27H,4,9-12H2,1-3H3/b23-21+. The van der Waals surface area contributed by atoms with E-state index in [1.54, 1.807) is 43.5 Å². The predicted molar refractivity (Wildman–Crippen MR) is 122 cm³/mol. The summed E-state index contributed by atoms with van der Waals surface area (Å²) in [5, 5.41) is 11.3. The molecule has 1 amide bonds. The Bertz CT molecular complexity index is 1130. The van der Waals surface area contributed by atoms with E-state index in [-0.39, 0.29) is 17.9 Å². The second-order valence-corrected chi connectivity index (χ2v) is 7.81. The monoisotopic (exact) mass is 469 g/mol. The number of Topliss-reactive ketones (excluding diaryl/α,β-unsaturated/α-hetero) is 1. The number of hydrogen-bond acceptors (Lipinski definition) is 8. The lowest BCUT2D eigenvalue weighted by Gasteiger charge is -2.26. The summed E-state index contributed by atoms with van der Waals surface area (Å²) in [6.07, 6.45) is 0.525. The molecule has 2 aliphatic rings. The van der Waals surface area contributed by atoms with E-state index >= 15 is 0 Å². The Balaban J connectivity index is 1.83. The molecular weight excluding hydrogens is 442 g/mol. The molecule has 9 nitrogen and oxygen atoms in total. The van der Waals surface area contributed by atoms with Gasteiger partial charge in [0.2, 0.25) is 0 Å². The molecule has 0 spiro atoms. The maximum absolute atomic E-state index is 13.2. The van der Waals surface area contributed by atoms with Crippen molar-refractivity contribution in [2.45, 2.75) is 12.5 Å². The summed E-state index contributed by atoms with van der Waals surface area (Å²) >= 11 is 0. The highest BCUT2D eigenvalue weighted by Crippen LogP contribution is 2.43. The highest BCUT2D eigenvalue weighted by molar-refractivity contribution is 6.46. The lowest BCUT2D eigenvalue weighted by molar-refractivity contribution is -0.140. The largest absolute Gasteiger partial charge is 0.507 e. The van der Waals surface area contributed by atoms with Crippen molar-refractivity contribution in [3.05, 3.63) is 53.1 Å². The molecule has 180 valence electrons. The molecule has 0 aromatic heterocycles. The van der Waals surface area contributed by atoms with Gasteiger partial charge in [0.25, 0.3) is 11.7 Å². The van der Waals surface area contributed by atoms with E-state index in [2.05, 4.69) is 0 Å². The first-order valence-electron chi connectivity index (χ1n) is 10.9. The Kier molecular flexibility index (Phi) is 6.93. The van der Waals surface area contributed by atoms with Crippen molar-refractivity contribution in [2.75, 3.05) is 47.7 Å². The molecule has 1 unspecified atom stereocenters. The van der Waals surface area contributed by atoms with E-state index in [1.165, 1.54) is 19.1 Å². The fourth-order valence-electron chi connectivity index (χ4n) is 4.21. The summed E-state index contributed by atoms with van der Waals surface area (Å²) in [7, 11) is 4.60. The second kappa shape index (κ2) is 10.0. The van der Waals surface area contributed by atoms with Crippen LogP contribution < -0.4 is 18.9 Å². The van der Waals surface area contributed by atoms with Crippen molar-refractivity contribution in [3.8, 4) is 23.0 Å². The molecule has 0 aliphatic carbocycles. The van der Waals surface area contributed by atoms with Crippen molar-refractivity contribution in [1.82, 2.24) is 4.90 Å². The molecule has 2 heterocycles. The number of carbonyl (C=O) groups is 2. The molecule has 2 aromatic rings. The minimum absolute atomic E-state index is 0.00804. The number of carbonyl (C=O) groups excluding carboxylic acids is 2. The topological polar surface area (TPSA) is 104 Å². The second-order valence-electron chi connectivity index (χ2n) is 7.81. The zero-order chi connectivity index (χ0) is 24.2. The highest BCUT2D eigenvalue weighted by Gasteiger charge is 2.46. The maximum atomic E-state index is 13.2. The Morgan fingerprint density at radius 2 is 1.74 bits per heavy atom. The van der Waals surface area contributed by atoms with Gasteiger partial charge in [-0.15, -0.1) is 0 Å². The maximum Gasteiger partial charge on any atom is 0.295 e. The van der Waals surface area contributed by atoms with Gasteiger partial charge in [-0.25, -0.2) is 0 Å². The third-order valence-corrected chi connectivity index (χ3v) is 5.83. The van der Waals surface area contributed by atoms with Crippen LogP contribution in [0.4, 0.5) is 0 Å². The lowest BCUT2D eigenvalue weighted by Crippen LogP contribution is -2.31. The Labute approximate surface area is 197 Å². The molecule has 2 aromatic carbocycles. The number of nitrogens with zero attached hydrogens (tertiary/aromatic N) is 1. The summed E-state index contributed by atoms with van der Waals surface area (Å²) in [4.78, 5) is 27.6. The van der Waals surface area contributed by atoms with Gasteiger partial charge in [0.05, 0.1) is 25.8 Å². The van der Waals surface area contributed by atoms with E-state index in [9.17, 15) is 14.7 Å². The molecule has 1 saturated heterocycles. The van der Waals surface area contributed by atoms with Gasteiger partial charge in [0, 0.05) is 25.8 Å². The van der Waals surface area contributed by atoms with E-state index in [4.69, 9.17) is 23.7 Å². The molecule has 4 rings (SSSR count). The van der Waals surface area contributed by atoms with Gasteiger partial charge < -0.3 is 33.7 Å². The van der Waals surface area contributed by atoms with Crippen molar-refractivity contribution >= 4 is 17.4 Å². The molecule has 1 fully saturated rings. The molecule has 0 saturated carbocycles. The Hall–Kier alpha value is -3.72. The summed E-state index contributed by atoms with van der Waals surface area (Å²) < 4.78 is 27.0. The number of rotatable bonds is 8. The van der Waals surface area contributed by atoms with Gasteiger partial charge in [-0.3, -0.25) is 9.59 Å². The van der Waals surface area contributed by atoms with Gasteiger partial charge in [-0.1, -0.05) is 6.07 Å². The quantitative estimate of drug-likeness (QED) is 0.272. The van der Waals surface area contributed by atoms with Gasteiger partial charge >= 0.3 is 0 Å². The van der Waals surface area contributed by atoms with E-state index in [0.717, 1.165) is 0 Å². The molecule has 1 N–H and O–H groups in total. The van der Waals surface area contributed by atoms with Crippen LogP contribution in [0.5, 0.6) is 23.0 Å². The van der Waals surface area contributed by atoms with Crippen LogP contribution in [-0.2, 0) is 14.3 Å². The fraction of sp³-hybridized carbons (Fsp3) is 0.360. The summed E-state index contributed by atoms with van der Waals surface area (Å²) in [5.74, 6) is 0.242. The first kappa shape index (κ1) is 23.4. The Morgan fingerprint density at radius 3 is 2.44 bits per heavy atom. The number of likely N-dealkylation sites (tertiary alicyclic amines) is 1.